The van der Waals surface area contributed by atoms with Gasteiger partial charge in [0, 0.05) is 36.6 Å². The fourth-order valence-electron chi connectivity index (χ4n) is 2.78. The standard InChI is InChI=1S/C20H29N5O2/c1-6-19(26)23-18-8-7-17(9-14(18)3)22-20(27)21-11-13(2)12-25-16(5)10-15(4)24-25/h7-10,13H,6,11-12H2,1-5H3,(H,23,26)(H2,21,22,27)/t13-/m1/s1. The third-order valence-corrected chi connectivity index (χ3v) is 4.28. The Labute approximate surface area is 160 Å². The van der Waals surface area contributed by atoms with Crippen LogP contribution >= 0.6 is 0 Å². The van der Waals surface area contributed by atoms with Crippen LogP contribution in [-0.4, -0.2) is 28.3 Å². The lowest BCUT2D eigenvalue weighted by Crippen LogP contribution is -2.33. The van der Waals surface area contributed by atoms with Gasteiger partial charge < -0.3 is 16.0 Å². The summed E-state index contributed by atoms with van der Waals surface area (Å²) in [7, 11) is 0. The second-order valence-electron chi connectivity index (χ2n) is 6.98. The zero-order valence-corrected chi connectivity index (χ0v) is 16.7. The molecule has 1 aromatic heterocycles. The molecule has 1 heterocycles. The van der Waals surface area contributed by atoms with Gasteiger partial charge >= 0.3 is 6.03 Å². The van der Waals surface area contributed by atoms with Crippen molar-refractivity contribution in [1.29, 1.82) is 0 Å². The molecule has 3 amide bonds. The summed E-state index contributed by atoms with van der Waals surface area (Å²) in [6.07, 6.45) is 0.428. The molecule has 2 aromatic rings. The van der Waals surface area contributed by atoms with Gasteiger partial charge in [0.25, 0.3) is 0 Å². The van der Waals surface area contributed by atoms with Crippen LogP contribution in [0.2, 0.25) is 0 Å². The van der Waals surface area contributed by atoms with Crippen molar-refractivity contribution in [2.45, 2.75) is 47.6 Å². The molecule has 0 spiro atoms. The zero-order valence-electron chi connectivity index (χ0n) is 16.7. The topological polar surface area (TPSA) is 88.0 Å². The lowest BCUT2D eigenvalue weighted by Gasteiger charge is -2.15. The molecule has 0 saturated carbocycles. The number of hydrogen-bond donors (Lipinski definition) is 3. The molecule has 2 rings (SSSR count). The van der Waals surface area contributed by atoms with Gasteiger partial charge in [0.05, 0.1) is 5.69 Å². The summed E-state index contributed by atoms with van der Waals surface area (Å²) in [5, 5.41) is 13.0. The van der Waals surface area contributed by atoms with Gasteiger partial charge in [0.1, 0.15) is 0 Å². The average molecular weight is 371 g/mol. The van der Waals surface area contributed by atoms with E-state index in [0.717, 1.165) is 29.2 Å². The Morgan fingerprint density at radius 2 is 1.89 bits per heavy atom. The van der Waals surface area contributed by atoms with Gasteiger partial charge in [-0.1, -0.05) is 13.8 Å². The number of carbonyl (C=O) groups excluding carboxylic acids is 2. The Morgan fingerprint density at radius 3 is 2.48 bits per heavy atom. The highest BCUT2D eigenvalue weighted by atomic mass is 16.2. The SMILES string of the molecule is CCC(=O)Nc1ccc(NC(=O)NC[C@@H](C)Cn2nc(C)cc2C)cc1C. The summed E-state index contributed by atoms with van der Waals surface area (Å²) in [5.41, 5.74) is 4.46. The number of hydrogen-bond acceptors (Lipinski definition) is 3. The summed E-state index contributed by atoms with van der Waals surface area (Å²) in [4.78, 5) is 23.6. The van der Waals surface area contributed by atoms with E-state index in [1.165, 1.54) is 0 Å². The highest BCUT2D eigenvalue weighted by Gasteiger charge is 2.10. The van der Waals surface area contributed by atoms with Crippen LogP contribution in [0.1, 0.15) is 37.2 Å². The number of amides is 3. The number of benzene rings is 1. The fourth-order valence-corrected chi connectivity index (χ4v) is 2.78. The molecule has 0 aliphatic carbocycles. The van der Waals surface area contributed by atoms with Crippen LogP contribution in [0, 0.1) is 26.7 Å². The summed E-state index contributed by atoms with van der Waals surface area (Å²) in [6, 6.07) is 7.20. The van der Waals surface area contributed by atoms with Crippen molar-refractivity contribution in [2.24, 2.45) is 5.92 Å². The van der Waals surface area contributed by atoms with Crippen molar-refractivity contribution in [3.8, 4) is 0 Å². The van der Waals surface area contributed by atoms with Crippen LogP contribution in [-0.2, 0) is 11.3 Å². The van der Waals surface area contributed by atoms with E-state index < -0.39 is 0 Å². The van der Waals surface area contributed by atoms with Gasteiger partial charge in [-0.15, -0.1) is 0 Å². The van der Waals surface area contributed by atoms with E-state index in [1.54, 1.807) is 19.1 Å². The molecule has 0 radical (unpaired) electrons. The normalized spacial score (nSPS) is 11.7. The minimum absolute atomic E-state index is 0.0341. The summed E-state index contributed by atoms with van der Waals surface area (Å²) < 4.78 is 1.96. The highest BCUT2D eigenvalue weighted by Crippen LogP contribution is 2.20. The van der Waals surface area contributed by atoms with Gasteiger partial charge in [-0.3, -0.25) is 9.48 Å². The Kier molecular flexibility index (Phi) is 6.98. The number of nitrogens with one attached hydrogen (secondary N) is 3. The maximum atomic E-state index is 12.1. The first-order valence-corrected chi connectivity index (χ1v) is 9.25. The van der Waals surface area contributed by atoms with Crippen molar-refractivity contribution in [3.05, 3.63) is 41.2 Å². The molecular formula is C20H29N5O2. The summed E-state index contributed by atoms with van der Waals surface area (Å²) in [5.74, 6) is 0.218. The smallest absolute Gasteiger partial charge is 0.319 e. The molecule has 1 atom stereocenters. The molecule has 0 aliphatic heterocycles. The first-order valence-electron chi connectivity index (χ1n) is 9.25. The summed E-state index contributed by atoms with van der Waals surface area (Å²) >= 11 is 0. The number of anilines is 2. The summed E-state index contributed by atoms with van der Waals surface area (Å²) in [6.45, 7) is 11.1. The molecule has 0 aliphatic rings. The molecule has 7 nitrogen and oxygen atoms in total. The van der Waals surface area contributed by atoms with Crippen LogP contribution in [0.25, 0.3) is 0 Å². The Hall–Kier alpha value is -2.83. The predicted octanol–water partition coefficient (Wildman–Crippen LogP) is 3.61. The molecule has 0 unspecified atom stereocenters. The molecule has 146 valence electrons. The van der Waals surface area contributed by atoms with E-state index >= 15 is 0 Å². The molecule has 0 fully saturated rings. The molecule has 3 N–H and O–H groups in total. The van der Waals surface area contributed by atoms with Gasteiger partial charge in [-0.25, -0.2) is 4.79 Å². The number of aromatic nitrogens is 2. The third-order valence-electron chi connectivity index (χ3n) is 4.28. The molecule has 27 heavy (non-hydrogen) atoms. The zero-order chi connectivity index (χ0) is 20.0. The van der Waals surface area contributed by atoms with Gasteiger partial charge in [-0.05, 0) is 56.5 Å². The van der Waals surface area contributed by atoms with Gasteiger partial charge in [-0.2, -0.15) is 5.10 Å². The predicted molar refractivity (Wildman–Crippen MR) is 108 cm³/mol. The third kappa shape index (κ3) is 6.13. The van der Waals surface area contributed by atoms with E-state index in [1.807, 2.05) is 37.6 Å². The number of nitrogens with zero attached hydrogens (tertiary/aromatic N) is 2. The van der Waals surface area contributed by atoms with E-state index in [2.05, 4.69) is 28.0 Å². The van der Waals surface area contributed by atoms with Crippen LogP contribution < -0.4 is 16.0 Å². The average Bonchev–Trinajstić information content (AvgIpc) is 2.92. The molecule has 0 saturated heterocycles. The second kappa shape index (κ2) is 9.21. The van der Waals surface area contributed by atoms with Gasteiger partial charge in [0.15, 0.2) is 0 Å². The van der Waals surface area contributed by atoms with E-state index in [4.69, 9.17) is 0 Å². The van der Waals surface area contributed by atoms with Crippen LogP contribution in [0.15, 0.2) is 24.3 Å². The highest BCUT2D eigenvalue weighted by molar-refractivity contribution is 5.93. The van der Waals surface area contributed by atoms with Crippen molar-refractivity contribution >= 4 is 23.3 Å². The van der Waals surface area contributed by atoms with Crippen molar-refractivity contribution in [3.63, 3.8) is 0 Å². The van der Waals surface area contributed by atoms with Crippen LogP contribution in [0.3, 0.4) is 0 Å². The first-order chi connectivity index (χ1) is 12.8. The Bertz CT molecular complexity index is 813. The first kappa shape index (κ1) is 20.5. The molecule has 1 aromatic carbocycles. The van der Waals surface area contributed by atoms with Crippen molar-refractivity contribution in [2.75, 3.05) is 17.2 Å². The maximum Gasteiger partial charge on any atom is 0.319 e. The minimum Gasteiger partial charge on any atom is -0.338 e. The number of urea groups is 1. The second-order valence-corrected chi connectivity index (χ2v) is 6.98. The Balaban J connectivity index is 1.83. The number of aryl methyl sites for hydroxylation is 3. The monoisotopic (exact) mass is 371 g/mol. The quantitative estimate of drug-likeness (QED) is 0.695. The Morgan fingerprint density at radius 1 is 1.15 bits per heavy atom. The number of carbonyl (C=O) groups is 2. The van der Waals surface area contributed by atoms with Crippen LogP contribution in [0.5, 0.6) is 0 Å². The minimum atomic E-state index is -0.250. The fraction of sp³-hybridized carbons (Fsp3) is 0.450. The largest absolute Gasteiger partial charge is 0.338 e. The van der Waals surface area contributed by atoms with Crippen LogP contribution in [0.4, 0.5) is 16.2 Å². The lowest BCUT2D eigenvalue weighted by atomic mass is 10.1. The number of rotatable bonds is 7. The van der Waals surface area contributed by atoms with Crippen molar-refractivity contribution in [1.82, 2.24) is 15.1 Å². The van der Waals surface area contributed by atoms with Crippen molar-refractivity contribution < 1.29 is 9.59 Å². The molecular weight excluding hydrogens is 342 g/mol. The lowest BCUT2D eigenvalue weighted by molar-refractivity contribution is -0.115. The molecule has 7 heteroatoms. The van der Waals surface area contributed by atoms with E-state index in [9.17, 15) is 9.59 Å². The molecule has 0 bridgehead atoms. The maximum absolute atomic E-state index is 12.1. The van der Waals surface area contributed by atoms with E-state index in [0.29, 0.717) is 18.7 Å². The van der Waals surface area contributed by atoms with E-state index in [-0.39, 0.29) is 17.9 Å². The van der Waals surface area contributed by atoms with Gasteiger partial charge in [0.2, 0.25) is 5.91 Å².